The molecule has 0 radical (unpaired) electrons. The monoisotopic (exact) mass is 324 g/mol. The molecule has 0 aliphatic carbocycles. The molecule has 4 rings (SSSR count). The standard InChI is InChI=1S/C18H20N4O2/c1-21-10-14(9-19-21)17-8-15(24-20-17)12-22-7-6-18(23)16-5-3-2-4-13(16)11-22/h2-5,8-10,18,23H,6-7,11-12H2,1H3. The lowest BCUT2D eigenvalue weighted by molar-refractivity contribution is 0.145. The molecule has 3 heterocycles. The topological polar surface area (TPSA) is 67.3 Å². The smallest absolute Gasteiger partial charge is 0.151 e. The first kappa shape index (κ1) is 15.1. The minimum Gasteiger partial charge on any atom is -0.388 e. The number of fused-ring (bicyclic) bond motifs is 1. The zero-order valence-corrected chi connectivity index (χ0v) is 13.6. The van der Waals surface area contributed by atoms with E-state index in [1.54, 1.807) is 10.9 Å². The summed E-state index contributed by atoms with van der Waals surface area (Å²) >= 11 is 0. The van der Waals surface area contributed by atoms with E-state index in [1.165, 1.54) is 5.56 Å². The maximum Gasteiger partial charge on any atom is 0.151 e. The number of aromatic nitrogens is 3. The van der Waals surface area contributed by atoms with Crippen LogP contribution in [0.25, 0.3) is 11.3 Å². The van der Waals surface area contributed by atoms with Crippen molar-refractivity contribution in [3.8, 4) is 11.3 Å². The molecule has 0 saturated carbocycles. The predicted octanol–water partition coefficient (Wildman–Crippen LogP) is 2.51. The maximum absolute atomic E-state index is 10.3. The molecule has 124 valence electrons. The Kier molecular flexibility index (Phi) is 3.92. The van der Waals surface area contributed by atoms with Gasteiger partial charge in [-0.3, -0.25) is 9.58 Å². The zero-order chi connectivity index (χ0) is 16.5. The molecule has 1 aromatic carbocycles. The van der Waals surface area contributed by atoms with Crippen molar-refractivity contribution in [2.24, 2.45) is 7.05 Å². The number of nitrogens with zero attached hydrogens (tertiary/aromatic N) is 4. The Morgan fingerprint density at radius 1 is 1.33 bits per heavy atom. The fourth-order valence-electron chi connectivity index (χ4n) is 3.22. The Bertz CT molecular complexity index is 839. The van der Waals surface area contributed by atoms with Crippen molar-refractivity contribution in [2.75, 3.05) is 6.54 Å². The van der Waals surface area contributed by atoms with Gasteiger partial charge in [-0.15, -0.1) is 0 Å². The van der Waals surface area contributed by atoms with Gasteiger partial charge in [-0.2, -0.15) is 5.10 Å². The molecule has 2 aromatic heterocycles. The van der Waals surface area contributed by atoms with Crippen molar-refractivity contribution < 1.29 is 9.63 Å². The van der Waals surface area contributed by atoms with Crippen molar-refractivity contribution in [2.45, 2.75) is 25.6 Å². The Balaban J connectivity index is 1.51. The van der Waals surface area contributed by atoms with E-state index >= 15 is 0 Å². The van der Waals surface area contributed by atoms with E-state index < -0.39 is 6.10 Å². The van der Waals surface area contributed by atoms with Crippen LogP contribution in [-0.4, -0.2) is 31.5 Å². The molecular formula is C18H20N4O2. The van der Waals surface area contributed by atoms with E-state index in [4.69, 9.17) is 4.52 Å². The molecule has 0 fully saturated rings. The van der Waals surface area contributed by atoms with Crippen LogP contribution in [0.3, 0.4) is 0 Å². The summed E-state index contributed by atoms with van der Waals surface area (Å²) in [6.45, 7) is 2.29. The molecule has 0 saturated heterocycles. The van der Waals surface area contributed by atoms with Gasteiger partial charge < -0.3 is 9.63 Å². The Hall–Kier alpha value is -2.44. The van der Waals surface area contributed by atoms with Gasteiger partial charge in [-0.25, -0.2) is 0 Å². The fraction of sp³-hybridized carbons (Fsp3) is 0.333. The summed E-state index contributed by atoms with van der Waals surface area (Å²) in [5.74, 6) is 0.822. The summed E-state index contributed by atoms with van der Waals surface area (Å²) in [6, 6.07) is 10.1. The molecule has 0 amide bonds. The summed E-state index contributed by atoms with van der Waals surface area (Å²) in [4.78, 5) is 2.28. The first-order chi connectivity index (χ1) is 11.7. The second-order valence-electron chi connectivity index (χ2n) is 6.30. The quantitative estimate of drug-likeness (QED) is 0.802. The predicted molar refractivity (Wildman–Crippen MR) is 88.8 cm³/mol. The first-order valence-electron chi connectivity index (χ1n) is 8.12. The minimum absolute atomic E-state index is 0.396. The molecule has 6 heteroatoms. The van der Waals surface area contributed by atoms with Crippen molar-refractivity contribution in [1.82, 2.24) is 19.8 Å². The van der Waals surface area contributed by atoms with Crippen molar-refractivity contribution in [3.63, 3.8) is 0 Å². The highest BCUT2D eigenvalue weighted by molar-refractivity contribution is 5.56. The van der Waals surface area contributed by atoms with Crippen molar-refractivity contribution in [1.29, 1.82) is 0 Å². The summed E-state index contributed by atoms with van der Waals surface area (Å²) in [5, 5.41) is 18.6. The van der Waals surface area contributed by atoms with Crippen LogP contribution in [0.4, 0.5) is 0 Å². The Labute approximate surface area is 140 Å². The molecule has 1 aliphatic heterocycles. The van der Waals surface area contributed by atoms with Crippen molar-refractivity contribution in [3.05, 3.63) is 59.6 Å². The van der Waals surface area contributed by atoms with Gasteiger partial charge in [-0.05, 0) is 17.5 Å². The molecule has 1 unspecified atom stereocenters. The van der Waals surface area contributed by atoms with E-state index in [0.717, 1.165) is 42.1 Å². The molecule has 0 spiro atoms. The van der Waals surface area contributed by atoms with E-state index in [0.29, 0.717) is 6.54 Å². The van der Waals surface area contributed by atoms with Crippen LogP contribution in [0, 0.1) is 0 Å². The molecule has 1 aliphatic rings. The number of rotatable bonds is 3. The number of hydrogen-bond donors (Lipinski definition) is 1. The van der Waals surface area contributed by atoms with Crippen LogP contribution >= 0.6 is 0 Å². The third kappa shape index (κ3) is 2.98. The highest BCUT2D eigenvalue weighted by Gasteiger charge is 2.21. The van der Waals surface area contributed by atoms with Gasteiger partial charge in [0.2, 0.25) is 0 Å². The lowest BCUT2D eigenvalue weighted by Gasteiger charge is -2.18. The van der Waals surface area contributed by atoms with Crippen LogP contribution in [0.1, 0.15) is 29.4 Å². The summed E-state index contributed by atoms with van der Waals surface area (Å²) in [5.41, 5.74) is 3.96. The normalized spacial score (nSPS) is 18.3. The van der Waals surface area contributed by atoms with E-state index in [2.05, 4.69) is 21.2 Å². The van der Waals surface area contributed by atoms with Gasteiger partial charge in [0.05, 0.1) is 18.8 Å². The van der Waals surface area contributed by atoms with Crippen LogP contribution in [-0.2, 0) is 20.1 Å². The average molecular weight is 324 g/mol. The molecule has 3 aromatic rings. The molecular weight excluding hydrogens is 304 g/mol. The second kappa shape index (κ2) is 6.22. The van der Waals surface area contributed by atoms with Gasteiger partial charge in [0.25, 0.3) is 0 Å². The first-order valence-corrected chi connectivity index (χ1v) is 8.12. The third-order valence-corrected chi connectivity index (χ3v) is 4.47. The summed E-state index contributed by atoms with van der Waals surface area (Å²) in [7, 11) is 1.88. The highest BCUT2D eigenvalue weighted by atomic mass is 16.5. The Morgan fingerprint density at radius 3 is 3.04 bits per heavy atom. The average Bonchev–Trinajstić information content (AvgIpc) is 3.18. The van der Waals surface area contributed by atoms with Gasteiger partial charge in [-0.1, -0.05) is 29.4 Å². The zero-order valence-electron chi connectivity index (χ0n) is 13.6. The Morgan fingerprint density at radius 2 is 2.21 bits per heavy atom. The van der Waals surface area contributed by atoms with Gasteiger partial charge in [0.1, 0.15) is 5.69 Å². The highest BCUT2D eigenvalue weighted by Crippen LogP contribution is 2.27. The van der Waals surface area contributed by atoms with Crippen LogP contribution in [0.5, 0.6) is 0 Å². The van der Waals surface area contributed by atoms with Crippen molar-refractivity contribution >= 4 is 0 Å². The summed E-state index contributed by atoms with van der Waals surface area (Å²) < 4.78 is 7.24. The molecule has 1 atom stereocenters. The van der Waals surface area contributed by atoms with Gasteiger partial charge >= 0.3 is 0 Å². The van der Waals surface area contributed by atoms with E-state index in [1.807, 2.05) is 37.5 Å². The molecule has 6 nitrogen and oxygen atoms in total. The number of hydrogen-bond acceptors (Lipinski definition) is 5. The molecule has 24 heavy (non-hydrogen) atoms. The largest absolute Gasteiger partial charge is 0.388 e. The summed E-state index contributed by atoms with van der Waals surface area (Å²) in [6.07, 6.45) is 4.02. The fourth-order valence-corrected chi connectivity index (χ4v) is 3.22. The van der Waals surface area contributed by atoms with Crippen LogP contribution in [0.2, 0.25) is 0 Å². The number of aryl methyl sites for hydroxylation is 1. The number of aliphatic hydroxyl groups is 1. The number of aliphatic hydroxyl groups excluding tert-OH is 1. The second-order valence-corrected chi connectivity index (χ2v) is 6.30. The maximum atomic E-state index is 10.3. The lowest BCUT2D eigenvalue weighted by atomic mass is 10.0. The van der Waals surface area contributed by atoms with E-state index in [-0.39, 0.29) is 0 Å². The minimum atomic E-state index is -0.396. The SMILES string of the molecule is Cn1cc(-c2cc(CN3CCC(O)c4ccccc4C3)on2)cn1. The van der Waals surface area contributed by atoms with Crippen LogP contribution in [0.15, 0.2) is 47.2 Å². The lowest BCUT2D eigenvalue weighted by Crippen LogP contribution is -2.22. The van der Waals surface area contributed by atoms with Gasteiger partial charge in [0, 0.05) is 38.0 Å². The molecule has 0 bridgehead atoms. The third-order valence-electron chi connectivity index (χ3n) is 4.47. The number of benzene rings is 1. The van der Waals surface area contributed by atoms with Gasteiger partial charge in [0.15, 0.2) is 5.76 Å². The van der Waals surface area contributed by atoms with Crippen LogP contribution < -0.4 is 0 Å². The molecule has 1 N–H and O–H groups in total. The van der Waals surface area contributed by atoms with E-state index in [9.17, 15) is 5.11 Å².